The van der Waals surface area contributed by atoms with Crippen LogP contribution in [0.15, 0.2) is 0 Å². The third kappa shape index (κ3) is 1.71. The van der Waals surface area contributed by atoms with Gasteiger partial charge in [-0.05, 0) is 0 Å². The van der Waals surface area contributed by atoms with Crippen molar-refractivity contribution in [2.45, 2.75) is 26.0 Å². The molecule has 64 valence electrons. The van der Waals surface area contributed by atoms with Gasteiger partial charge in [-0.2, -0.15) is 4.58 Å². The molecule has 3 heteroatoms. The van der Waals surface area contributed by atoms with Gasteiger partial charge in [0, 0.05) is 20.5 Å². The van der Waals surface area contributed by atoms with Gasteiger partial charge in [0.2, 0.25) is 0 Å². The van der Waals surface area contributed by atoms with E-state index in [2.05, 4.69) is 4.58 Å². The largest absolute Gasteiger partial charge is 0.451 e. The summed E-state index contributed by atoms with van der Waals surface area (Å²) >= 11 is 0. The summed E-state index contributed by atoms with van der Waals surface area (Å²) in [5.41, 5.74) is 0. The van der Waals surface area contributed by atoms with Crippen molar-refractivity contribution < 1.29 is 14.0 Å². The molecular weight excluding hydrogens is 142 g/mol. The highest BCUT2D eigenvalue weighted by Crippen LogP contribution is 2.08. The fraction of sp³-hybridized carbons (Fsp3) is 0.875. The Morgan fingerprint density at radius 1 is 1.45 bits per heavy atom. The van der Waals surface area contributed by atoms with Crippen LogP contribution >= 0.6 is 0 Å². The summed E-state index contributed by atoms with van der Waals surface area (Å²) in [4.78, 5) is 0. The molecular formula is C8H16NO2+. The standard InChI is InChI=1S/C8H16NO2/c1-7(10-2)9-6-4-5-8(9)11-3/h7H,4-6H2,1-3H3/q+1. The van der Waals surface area contributed by atoms with E-state index in [0.29, 0.717) is 0 Å². The van der Waals surface area contributed by atoms with Crippen LogP contribution in [0.3, 0.4) is 0 Å². The van der Waals surface area contributed by atoms with Crippen LogP contribution in [0.25, 0.3) is 0 Å². The highest BCUT2D eigenvalue weighted by molar-refractivity contribution is 5.71. The molecule has 11 heavy (non-hydrogen) atoms. The highest BCUT2D eigenvalue weighted by atomic mass is 16.5. The number of hydrogen-bond acceptors (Lipinski definition) is 2. The van der Waals surface area contributed by atoms with Crippen molar-refractivity contribution in [1.29, 1.82) is 0 Å². The Bertz CT molecular complexity index is 165. The molecule has 1 rings (SSSR count). The third-order valence-corrected chi connectivity index (χ3v) is 2.13. The smallest absolute Gasteiger partial charge is 0.338 e. The topological polar surface area (TPSA) is 21.5 Å². The van der Waals surface area contributed by atoms with Crippen molar-refractivity contribution in [3.63, 3.8) is 0 Å². The van der Waals surface area contributed by atoms with Crippen molar-refractivity contribution >= 4 is 5.90 Å². The molecule has 0 N–H and O–H groups in total. The van der Waals surface area contributed by atoms with Crippen LogP contribution in [0, 0.1) is 0 Å². The first-order valence-electron chi connectivity index (χ1n) is 3.99. The average molecular weight is 158 g/mol. The van der Waals surface area contributed by atoms with Crippen molar-refractivity contribution in [3.05, 3.63) is 0 Å². The highest BCUT2D eigenvalue weighted by Gasteiger charge is 2.27. The molecule has 1 aliphatic heterocycles. The first-order chi connectivity index (χ1) is 5.29. The fourth-order valence-electron chi connectivity index (χ4n) is 1.40. The lowest BCUT2D eigenvalue weighted by atomic mass is 10.4. The van der Waals surface area contributed by atoms with Gasteiger partial charge < -0.3 is 9.47 Å². The summed E-state index contributed by atoms with van der Waals surface area (Å²) < 4.78 is 12.6. The zero-order valence-electron chi connectivity index (χ0n) is 7.46. The predicted octanol–water partition coefficient (Wildman–Crippen LogP) is 0.830. The van der Waals surface area contributed by atoms with Gasteiger partial charge in [-0.3, -0.25) is 0 Å². The van der Waals surface area contributed by atoms with Crippen molar-refractivity contribution in [3.8, 4) is 0 Å². The lowest BCUT2D eigenvalue weighted by Crippen LogP contribution is -2.27. The Balaban J connectivity index is 2.66. The van der Waals surface area contributed by atoms with Gasteiger partial charge in [-0.25, -0.2) is 0 Å². The van der Waals surface area contributed by atoms with Gasteiger partial charge in [0.1, 0.15) is 6.54 Å². The Morgan fingerprint density at radius 2 is 2.18 bits per heavy atom. The molecule has 0 saturated heterocycles. The lowest BCUT2D eigenvalue weighted by molar-refractivity contribution is -0.606. The molecule has 1 atom stereocenters. The summed E-state index contributed by atoms with van der Waals surface area (Å²) in [6, 6.07) is 0. The second-order valence-corrected chi connectivity index (χ2v) is 2.73. The number of methoxy groups -OCH3 is 2. The van der Waals surface area contributed by atoms with Crippen molar-refractivity contribution in [1.82, 2.24) is 0 Å². The molecule has 0 fully saturated rings. The summed E-state index contributed by atoms with van der Waals surface area (Å²) in [6.45, 7) is 3.09. The van der Waals surface area contributed by atoms with E-state index in [-0.39, 0.29) is 6.23 Å². The Hall–Kier alpha value is -0.570. The van der Waals surface area contributed by atoms with Crippen LogP contribution in [-0.4, -0.2) is 37.5 Å². The normalized spacial score (nSPS) is 20.6. The maximum Gasteiger partial charge on any atom is 0.338 e. The van der Waals surface area contributed by atoms with Gasteiger partial charge in [0.25, 0.3) is 6.23 Å². The van der Waals surface area contributed by atoms with Crippen LogP contribution in [0.5, 0.6) is 0 Å². The molecule has 1 heterocycles. The van der Waals surface area contributed by atoms with Crippen molar-refractivity contribution in [2.75, 3.05) is 20.8 Å². The van der Waals surface area contributed by atoms with E-state index in [9.17, 15) is 0 Å². The first-order valence-corrected chi connectivity index (χ1v) is 3.99. The van der Waals surface area contributed by atoms with Crippen molar-refractivity contribution in [2.24, 2.45) is 0 Å². The Morgan fingerprint density at radius 3 is 2.73 bits per heavy atom. The molecule has 0 amide bonds. The number of hydrogen-bond donors (Lipinski definition) is 0. The summed E-state index contributed by atoms with van der Waals surface area (Å²) in [5.74, 6) is 1.05. The van der Waals surface area contributed by atoms with Crippen LogP contribution in [0.1, 0.15) is 19.8 Å². The van der Waals surface area contributed by atoms with Crippen LogP contribution < -0.4 is 0 Å². The third-order valence-electron chi connectivity index (χ3n) is 2.13. The van der Waals surface area contributed by atoms with E-state index < -0.39 is 0 Å². The molecule has 0 bridgehead atoms. The van der Waals surface area contributed by atoms with E-state index in [0.717, 1.165) is 18.9 Å². The lowest BCUT2D eigenvalue weighted by Gasteiger charge is -2.06. The van der Waals surface area contributed by atoms with Gasteiger partial charge in [0.15, 0.2) is 0 Å². The van der Waals surface area contributed by atoms with E-state index in [1.165, 1.54) is 6.42 Å². The number of nitrogens with zero attached hydrogens (tertiary/aromatic N) is 1. The minimum absolute atomic E-state index is 0.146. The van der Waals surface area contributed by atoms with Gasteiger partial charge in [-0.15, -0.1) is 0 Å². The fourth-order valence-corrected chi connectivity index (χ4v) is 1.40. The zero-order chi connectivity index (χ0) is 8.27. The van der Waals surface area contributed by atoms with Crippen LogP contribution in [-0.2, 0) is 9.47 Å². The van der Waals surface area contributed by atoms with Gasteiger partial charge >= 0.3 is 5.90 Å². The molecule has 0 aromatic rings. The predicted molar refractivity (Wildman–Crippen MR) is 42.8 cm³/mol. The second kappa shape index (κ2) is 3.72. The Kier molecular flexibility index (Phi) is 2.88. The van der Waals surface area contributed by atoms with E-state index >= 15 is 0 Å². The molecule has 1 unspecified atom stereocenters. The maximum absolute atomic E-state index is 5.21. The summed E-state index contributed by atoms with van der Waals surface area (Å²) in [7, 11) is 3.44. The SMILES string of the molecule is COC1=[N+](C(C)OC)CCC1. The zero-order valence-corrected chi connectivity index (χ0v) is 7.46. The molecule has 0 saturated carbocycles. The van der Waals surface area contributed by atoms with E-state index in [1.54, 1.807) is 14.2 Å². The van der Waals surface area contributed by atoms with Crippen LogP contribution in [0.4, 0.5) is 0 Å². The minimum atomic E-state index is 0.146. The van der Waals surface area contributed by atoms with Gasteiger partial charge in [-0.1, -0.05) is 0 Å². The molecule has 0 spiro atoms. The minimum Gasteiger partial charge on any atom is -0.451 e. The number of ether oxygens (including phenoxy) is 2. The maximum atomic E-state index is 5.21. The quantitative estimate of drug-likeness (QED) is 0.555. The second-order valence-electron chi connectivity index (χ2n) is 2.73. The molecule has 0 aliphatic carbocycles. The Labute approximate surface area is 67.6 Å². The molecule has 0 aromatic heterocycles. The molecule has 0 aromatic carbocycles. The molecule has 1 aliphatic rings. The summed E-state index contributed by atoms with van der Waals surface area (Å²) in [5, 5.41) is 0. The molecule has 3 nitrogen and oxygen atoms in total. The summed E-state index contributed by atoms with van der Waals surface area (Å²) in [6.07, 6.45) is 2.37. The van der Waals surface area contributed by atoms with Gasteiger partial charge in [0.05, 0.1) is 13.5 Å². The first kappa shape index (κ1) is 8.53. The van der Waals surface area contributed by atoms with E-state index in [4.69, 9.17) is 9.47 Å². The number of rotatable bonds is 2. The average Bonchev–Trinajstić information content (AvgIpc) is 2.50. The van der Waals surface area contributed by atoms with Crippen LogP contribution in [0.2, 0.25) is 0 Å². The molecule has 0 radical (unpaired) electrons. The van der Waals surface area contributed by atoms with E-state index in [1.807, 2.05) is 6.92 Å². The monoisotopic (exact) mass is 158 g/mol.